The number of halogens is 1. The molecule has 2 aromatic carbocycles. The van der Waals surface area contributed by atoms with Gasteiger partial charge in [-0.15, -0.1) is 10.2 Å². The van der Waals surface area contributed by atoms with Gasteiger partial charge in [-0.25, -0.2) is 8.42 Å². The molecule has 3 rings (SSSR count). The molecule has 1 unspecified atom stereocenters. The number of carbonyl (C=O) groups excluding carboxylic acids is 1. The van der Waals surface area contributed by atoms with Crippen LogP contribution >= 0.6 is 11.6 Å². The second-order valence-electron chi connectivity index (χ2n) is 7.27. The minimum atomic E-state index is -3.90. The van der Waals surface area contributed by atoms with Crippen LogP contribution in [0.25, 0.3) is 11.5 Å². The minimum absolute atomic E-state index is 0.0704. The SMILES string of the molecule is Cc1ccc(S(=O)(=O)NC(C(=O)OCc2nnc(-c3ccc(Cl)cc3)o2)C(C)C)cc1. The Bertz CT molecular complexity index is 1140. The highest BCUT2D eigenvalue weighted by Gasteiger charge is 2.30. The fourth-order valence-electron chi connectivity index (χ4n) is 2.65. The first-order chi connectivity index (χ1) is 14.7. The summed E-state index contributed by atoms with van der Waals surface area (Å²) in [6.45, 7) is 5.01. The lowest BCUT2D eigenvalue weighted by Gasteiger charge is -2.20. The molecule has 31 heavy (non-hydrogen) atoms. The van der Waals surface area contributed by atoms with Crippen LogP contribution in [0, 0.1) is 12.8 Å². The van der Waals surface area contributed by atoms with E-state index in [2.05, 4.69) is 14.9 Å². The Balaban J connectivity index is 1.66. The first-order valence-corrected chi connectivity index (χ1v) is 11.4. The van der Waals surface area contributed by atoms with Crippen molar-refractivity contribution < 1.29 is 22.4 Å². The monoisotopic (exact) mass is 463 g/mol. The van der Waals surface area contributed by atoms with Crippen molar-refractivity contribution in [3.05, 3.63) is 65.0 Å². The zero-order valence-electron chi connectivity index (χ0n) is 17.2. The first-order valence-electron chi connectivity index (χ1n) is 9.49. The third kappa shape index (κ3) is 5.90. The highest BCUT2D eigenvalue weighted by Crippen LogP contribution is 2.21. The van der Waals surface area contributed by atoms with Crippen molar-refractivity contribution in [3.63, 3.8) is 0 Å². The van der Waals surface area contributed by atoms with Crippen LogP contribution in [-0.4, -0.2) is 30.6 Å². The van der Waals surface area contributed by atoms with Crippen LogP contribution < -0.4 is 4.72 Å². The summed E-state index contributed by atoms with van der Waals surface area (Å²) in [6.07, 6.45) is 0. The maximum atomic E-state index is 12.7. The molecule has 0 amide bonds. The summed E-state index contributed by atoms with van der Waals surface area (Å²) < 4.78 is 38.5. The van der Waals surface area contributed by atoms with Crippen LogP contribution in [0.15, 0.2) is 57.8 Å². The van der Waals surface area contributed by atoms with Gasteiger partial charge >= 0.3 is 5.97 Å². The maximum Gasteiger partial charge on any atom is 0.324 e. The van der Waals surface area contributed by atoms with Crippen molar-refractivity contribution in [3.8, 4) is 11.5 Å². The number of hydrogen-bond acceptors (Lipinski definition) is 7. The van der Waals surface area contributed by atoms with E-state index < -0.39 is 22.0 Å². The topological polar surface area (TPSA) is 111 Å². The lowest BCUT2D eigenvalue weighted by molar-refractivity contribution is -0.148. The van der Waals surface area contributed by atoms with E-state index in [9.17, 15) is 13.2 Å². The van der Waals surface area contributed by atoms with E-state index >= 15 is 0 Å². The molecule has 1 N–H and O–H groups in total. The highest BCUT2D eigenvalue weighted by atomic mass is 35.5. The molecule has 0 fully saturated rings. The summed E-state index contributed by atoms with van der Waals surface area (Å²) in [5.41, 5.74) is 1.59. The molecule has 1 atom stereocenters. The standard InChI is InChI=1S/C21H22ClN3O5S/c1-13(2)19(25-31(27,28)17-10-4-14(3)5-11-17)21(26)29-12-18-23-24-20(30-18)15-6-8-16(22)9-7-15/h4-11,13,19,25H,12H2,1-3H3. The molecule has 0 saturated carbocycles. The molecule has 0 saturated heterocycles. The zero-order valence-corrected chi connectivity index (χ0v) is 18.8. The van der Waals surface area contributed by atoms with Gasteiger partial charge in [-0.2, -0.15) is 4.72 Å². The Hall–Kier alpha value is -2.75. The van der Waals surface area contributed by atoms with Crippen molar-refractivity contribution in [2.75, 3.05) is 0 Å². The largest absolute Gasteiger partial charge is 0.454 e. The van der Waals surface area contributed by atoms with Crippen molar-refractivity contribution in [1.29, 1.82) is 0 Å². The molecule has 0 radical (unpaired) electrons. The fourth-order valence-corrected chi connectivity index (χ4v) is 4.11. The fraction of sp³-hybridized carbons (Fsp3) is 0.286. The number of benzene rings is 2. The number of rotatable bonds is 8. The number of nitrogens with zero attached hydrogens (tertiary/aromatic N) is 2. The molecule has 3 aromatic rings. The van der Waals surface area contributed by atoms with E-state index in [0.717, 1.165) is 5.56 Å². The summed E-state index contributed by atoms with van der Waals surface area (Å²) >= 11 is 5.86. The molecule has 10 heteroatoms. The number of aryl methyl sites for hydroxylation is 1. The lowest BCUT2D eigenvalue weighted by Crippen LogP contribution is -2.45. The minimum Gasteiger partial charge on any atom is -0.454 e. The number of esters is 1. The zero-order chi connectivity index (χ0) is 22.6. The van der Waals surface area contributed by atoms with E-state index in [1.54, 1.807) is 50.2 Å². The summed E-state index contributed by atoms with van der Waals surface area (Å²) in [7, 11) is -3.90. The van der Waals surface area contributed by atoms with Gasteiger partial charge in [0.2, 0.25) is 15.9 Å². The third-order valence-electron chi connectivity index (χ3n) is 4.43. The number of ether oxygens (including phenoxy) is 1. The van der Waals surface area contributed by atoms with Crippen molar-refractivity contribution in [1.82, 2.24) is 14.9 Å². The van der Waals surface area contributed by atoms with Gasteiger partial charge in [0.05, 0.1) is 4.90 Å². The van der Waals surface area contributed by atoms with Crippen LogP contribution in [0.3, 0.4) is 0 Å². The van der Waals surface area contributed by atoms with Gasteiger partial charge in [-0.1, -0.05) is 43.1 Å². The molecule has 1 heterocycles. The summed E-state index contributed by atoms with van der Waals surface area (Å²) in [5.74, 6) is -0.748. The number of sulfonamides is 1. The maximum absolute atomic E-state index is 12.7. The first kappa shape index (κ1) is 22.9. The van der Waals surface area contributed by atoms with E-state index in [0.29, 0.717) is 10.6 Å². The molecule has 0 aliphatic rings. The van der Waals surface area contributed by atoms with Gasteiger partial charge in [0.15, 0.2) is 6.61 Å². The van der Waals surface area contributed by atoms with Crippen molar-refractivity contribution in [2.24, 2.45) is 5.92 Å². The van der Waals surface area contributed by atoms with Gasteiger partial charge in [-0.3, -0.25) is 4.79 Å². The van der Waals surface area contributed by atoms with E-state index in [4.69, 9.17) is 20.8 Å². The third-order valence-corrected chi connectivity index (χ3v) is 6.14. The quantitative estimate of drug-likeness (QED) is 0.506. The normalized spacial score (nSPS) is 12.7. The number of hydrogen-bond donors (Lipinski definition) is 1. The van der Waals surface area contributed by atoms with Crippen LogP contribution in [0.4, 0.5) is 0 Å². The number of nitrogens with one attached hydrogen (secondary N) is 1. The lowest BCUT2D eigenvalue weighted by atomic mass is 10.1. The van der Waals surface area contributed by atoms with Gasteiger partial charge < -0.3 is 9.15 Å². The molecule has 0 aliphatic carbocycles. The van der Waals surface area contributed by atoms with Crippen molar-refractivity contribution >= 4 is 27.6 Å². The van der Waals surface area contributed by atoms with Gasteiger partial charge in [0, 0.05) is 10.6 Å². The molecular formula is C21H22ClN3O5S. The molecule has 0 spiro atoms. The smallest absolute Gasteiger partial charge is 0.324 e. The predicted octanol–water partition coefficient (Wildman–Crippen LogP) is 3.74. The van der Waals surface area contributed by atoms with E-state index in [-0.39, 0.29) is 29.2 Å². The molecular weight excluding hydrogens is 442 g/mol. The molecule has 0 bridgehead atoms. The van der Waals surface area contributed by atoms with Crippen LogP contribution in [-0.2, 0) is 26.2 Å². The Kier molecular flexibility index (Phi) is 7.09. The average Bonchev–Trinajstić information content (AvgIpc) is 3.20. The number of carbonyl (C=O) groups is 1. The van der Waals surface area contributed by atoms with Crippen LogP contribution in [0.5, 0.6) is 0 Å². The predicted molar refractivity (Wildman–Crippen MR) is 115 cm³/mol. The van der Waals surface area contributed by atoms with E-state index in [1.165, 1.54) is 12.1 Å². The Morgan fingerprint density at radius 1 is 1.10 bits per heavy atom. The summed E-state index contributed by atoms with van der Waals surface area (Å²) in [4.78, 5) is 12.7. The second kappa shape index (κ2) is 9.59. The van der Waals surface area contributed by atoms with Gasteiger partial charge in [0.1, 0.15) is 6.04 Å². The molecule has 8 nitrogen and oxygen atoms in total. The Morgan fingerprint density at radius 3 is 2.35 bits per heavy atom. The molecule has 1 aromatic heterocycles. The number of aromatic nitrogens is 2. The average molecular weight is 464 g/mol. The highest BCUT2D eigenvalue weighted by molar-refractivity contribution is 7.89. The van der Waals surface area contributed by atoms with Gasteiger partial charge in [-0.05, 0) is 49.2 Å². The van der Waals surface area contributed by atoms with Crippen molar-refractivity contribution in [2.45, 2.75) is 38.3 Å². The Labute approximate surface area is 185 Å². The molecule has 0 aliphatic heterocycles. The van der Waals surface area contributed by atoms with Crippen LogP contribution in [0.1, 0.15) is 25.3 Å². The van der Waals surface area contributed by atoms with E-state index in [1.807, 2.05) is 6.92 Å². The van der Waals surface area contributed by atoms with Gasteiger partial charge in [0.25, 0.3) is 5.89 Å². The molecule has 164 valence electrons. The Morgan fingerprint density at radius 2 is 1.74 bits per heavy atom. The second-order valence-corrected chi connectivity index (χ2v) is 9.42. The van der Waals surface area contributed by atoms with Crippen LogP contribution in [0.2, 0.25) is 5.02 Å². The summed E-state index contributed by atoms with van der Waals surface area (Å²) in [6, 6.07) is 12.1. The summed E-state index contributed by atoms with van der Waals surface area (Å²) in [5, 5.41) is 8.35.